The predicted molar refractivity (Wildman–Crippen MR) is 87.6 cm³/mol. The first kappa shape index (κ1) is 16.9. The monoisotopic (exact) mass is 349 g/mol. The Morgan fingerprint density at radius 2 is 1.83 bits per heavy atom. The standard InChI is InChI=1S/C17H19NO5S/c1-12-7-9-13(10-8-12)24(20,21)18-15(19)17-11-5-4-6-14(17)22-16(2,3)23-17/h4-11,14H,1-3H3,(H,18,19)/t14-,17+/m1/s1. The molecule has 1 aromatic carbocycles. The van der Waals surface area contributed by atoms with E-state index in [-0.39, 0.29) is 4.90 Å². The summed E-state index contributed by atoms with van der Waals surface area (Å²) in [5.74, 6) is -1.78. The number of ether oxygens (including phenoxy) is 2. The van der Waals surface area contributed by atoms with E-state index >= 15 is 0 Å². The van der Waals surface area contributed by atoms with Gasteiger partial charge < -0.3 is 9.47 Å². The highest BCUT2D eigenvalue weighted by Gasteiger charge is 2.57. The van der Waals surface area contributed by atoms with Crippen LogP contribution in [-0.2, 0) is 24.3 Å². The average Bonchev–Trinajstić information content (AvgIpc) is 2.78. The van der Waals surface area contributed by atoms with E-state index in [0.29, 0.717) is 0 Å². The van der Waals surface area contributed by atoms with E-state index in [0.717, 1.165) is 5.56 Å². The number of sulfonamides is 1. The molecule has 1 fully saturated rings. The Morgan fingerprint density at radius 3 is 2.50 bits per heavy atom. The van der Waals surface area contributed by atoms with E-state index in [2.05, 4.69) is 4.72 Å². The summed E-state index contributed by atoms with van der Waals surface area (Å²) < 4.78 is 38.5. The maximum absolute atomic E-state index is 12.8. The van der Waals surface area contributed by atoms with Gasteiger partial charge in [0.2, 0.25) is 0 Å². The Bertz CT molecular complexity index is 823. The number of carbonyl (C=O) groups excluding carboxylic acids is 1. The van der Waals surface area contributed by atoms with Gasteiger partial charge in [-0.25, -0.2) is 13.1 Å². The molecule has 1 aliphatic heterocycles. The quantitative estimate of drug-likeness (QED) is 0.900. The Labute approximate surface area is 141 Å². The third-order valence-electron chi connectivity index (χ3n) is 3.90. The highest BCUT2D eigenvalue weighted by atomic mass is 32.2. The molecule has 0 unspecified atom stereocenters. The maximum atomic E-state index is 12.8. The zero-order valence-corrected chi connectivity index (χ0v) is 14.5. The Balaban J connectivity index is 1.90. The first-order valence-corrected chi connectivity index (χ1v) is 9.01. The van der Waals surface area contributed by atoms with Gasteiger partial charge in [-0.2, -0.15) is 0 Å². The molecule has 1 aliphatic carbocycles. The fourth-order valence-electron chi connectivity index (χ4n) is 2.79. The second-order valence-electron chi connectivity index (χ2n) is 6.33. The van der Waals surface area contributed by atoms with Crippen molar-refractivity contribution in [2.45, 2.75) is 43.2 Å². The molecule has 3 rings (SSSR count). The molecule has 0 aromatic heterocycles. The van der Waals surface area contributed by atoms with Crippen LogP contribution < -0.4 is 4.72 Å². The van der Waals surface area contributed by atoms with E-state index < -0.39 is 33.4 Å². The smallest absolute Gasteiger partial charge is 0.273 e. The highest BCUT2D eigenvalue weighted by molar-refractivity contribution is 7.90. The van der Waals surface area contributed by atoms with Crippen molar-refractivity contribution in [3.05, 3.63) is 54.1 Å². The van der Waals surface area contributed by atoms with Crippen molar-refractivity contribution < 1.29 is 22.7 Å². The topological polar surface area (TPSA) is 81.7 Å². The summed E-state index contributed by atoms with van der Waals surface area (Å²) in [7, 11) is -4.00. The van der Waals surface area contributed by atoms with Gasteiger partial charge >= 0.3 is 0 Å². The Morgan fingerprint density at radius 1 is 1.17 bits per heavy atom. The van der Waals surface area contributed by atoms with E-state index in [1.807, 2.05) is 6.92 Å². The summed E-state index contributed by atoms with van der Waals surface area (Å²) in [6, 6.07) is 6.24. The van der Waals surface area contributed by atoms with Crippen LogP contribution in [0.4, 0.5) is 0 Å². The van der Waals surface area contributed by atoms with Crippen LogP contribution in [0.2, 0.25) is 0 Å². The van der Waals surface area contributed by atoms with Gasteiger partial charge in [0.15, 0.2) is 11.4 Å². The number of aryl methyl sites for hydroxylation is 1. The Kier molecular flexibility index (Phi) is 3.90. The zero-order chi connectivity index (χ0) is 17.6. The van der Waals surface area contributed by atoms with Gasteiger partial charge in [-0.3, -0.25) is 4.79 Å². The number of benzene rings is 1. The molecule has 7 heteroatoms. The summed E-state index contributed by atoms with van der Waals surface area (Å²) in [6.45, 7) is 5.20. The van der Waals surface area contributed by atoms with Crippen molar-refractivity contribution in [1.29, 1.82) is 0 Å². The second kappa shape index (κ2) is 5.54. The Hall–Kier alpha value is -1.96. The third-order valence-corrected chi connectivity index (χ3v) is 5.25. The van der Waals surface area contributed by atoms with Crippen LogP contribution in [0.1, 0.15) is 19.4 Å². The molecule has 128 valence electrons. The van der Waals surface area contributed by atoms with Gasteiger partial charge in [-0.1, -0.05) is 35.9 Å². The van der Waals surface area contributed by atoms with Crippen LogP contribution in [0.25, 0.3) is 0 Å². The molecule has 6 nitrogen and oxygen atoms in total. The molecule has 0 saturated carbocycles. The number of amides is 1. The first-order chi connectivity index (χ1) is 11.1. The number of allylic oxidation sites excluding steroid dienone is 2. The molecule has 0 spiro atoms. The highest BCUT2D eigenvalue weighted by Crippen LogP contribution is 2.40. The summed E-state index contributed by atoms with van der Waals surface area (Å²) in [5.41, 5.74) is -0.579. The van der Waals surface area contributed by atoms with Crippen LogP contribution in [0.5, 0.6) is 0 Å². The molecule has 24 heavy (non-hydrogen) atoms. The van der Waals surface area contributed by atoms with E-state index in [9.17, 15) is 13.2 Å². The minimum Gasteiger partial charge on any atom is -0.339 e. The lowest BCUT2D eigenvalue weighted by Crippen LogP contribution is -2.53. The molecule has 1 aromatic rings. The van der Waals surface area contributed by atoms with Gasteiger partial charge in [-0.05, 0) is 39.0 Å². The van der Waals surface area contributed by atoms with Crippen molar-refractivity contribution in [3.63, 3.8) is 0 Å². The van der Waals surface area contributed by atoms with Crippen LogP contribution in [0.15, 0.2) is 53.5 Å². The third kappa shape index (κ3) is 2.90. The van der Waals surface area contributed by atoms with E-state index in [1.165, 1.54) is 18.2 Å². The van der Waals surface area contributed by atoms with Crippen LogP contribution in [-0.4, -0.2) is 31.8 Å². The predicted octanol–water partition coefficient (Wildman–Crippen LogP) is 1.82. The van der Waals surface area contributed by atoms with Crippen molar-refractivity contribution in [3.8, 4) is 0 Å². The lowest BCUT2D eigenvalue weighted by atomic mass is 9.92. The van der Waals surface area contributed by atoms with Crippen LogP contribution in [0.3, 0.4) is 0 Å². The van der Waals surface area contributed by atoms with Crippen LogP contribution >= 0.6 is 0 Å². The number of hydrogen-bond donors (Lipinski definition) is 1. The van der Waals surface area contributed by atoms with Crippen molar-refractivity contribution >= 4 is 15.9 Å². The molecular weight excluding hydrogens is 330 g/mol. The lowest BCUT2D eigenvalue weighted by molar-refractivity contribution is -0.164. The number of rotatable bonds is 3. The van der Waals surface area contributed by atoms with E-state index in [1.54, 1.807) is 44.2 Å². The number of hydrogen-bond acceptors (Lipinski definition) is 5. The molecule has 1 N–H and O–H groups in total. The zero-order valence-electron chi connectivity index (χ0n) is 13.6. The summed E-state index contributed by atoms with van der Waals surface area (Å²) in [4.78, 5) is 12.8. The van der Waals surface area contributed by atoms with Crippen molar-refractivity contribution in [2.75, 3.05) is 0 Å². The minimum absolute atomic E-state index is 0.0166. The summed E-state index contributed by atoms with van der Waals surface area (Å²) in [5, 5.41) is 0. The number of nitrogens with one attached hydrogen (secondary N) is 1. The molecule has 1 amide bonds. The van der Waals surface area contributed by atoms with Crippen LogP contribution in [0, 0.1) is 6.92 Å². The number of fused-ring (bicyclic) bond motifs is 1. The fraction of sp³-hybridized carbons (Fsp3) is 0.353. The molecule has 2 atom stereocenters. The summed E-state index contributed by atoms with van der Waals surface area (Å²) >= 11 is 0. The molecular formula is C17H19NO5S. The van der Waals surface area contributed by atoms with Gasteiger partial charge in [0.1, 0.15) is 6.10 Å². The largest absolute Gasteiger partial charge is 0.339 e. The second-order valence-corrected chi connectivity index (χ2v) is 8.01. The minimum atomic E-state index is -4.00. The van der Waals surface area contributed by atoms with Gasteiger partial charge in [0.05, 0.1) is 4.90 Å². The SMILES string of the molecule is Cc1ccc(S(=O)(=O)NC(=O)[C@]23C=CC=C[C@H]2OC(C)(C)O3)cc1. The van der Waals surface area contributed by atoms with Crippen molar-refractivity contribution in [2.24, 2.45) is 0 Å². The first-order valence-electron chi connectivity index (χ1n) is 7.53. The van der Waals surface area contributed by atoms with Crippen molar-refractivity contribution in [1.82, 2.24) is 4.72 Å². The lowest BCUT2D eigenvalue weighted by Gasteiger charge is -2.28. The summed E-state index contributed by atoms with van der Waals surface area (Å²) in [6.07, 6.45) is 5.87. The molecule has 0 bridgehead atoms. The molecule has 2 aliphatic rings. The molecule has 0 radical (unpaired) electrons. The number of carbonyl (C=O) groups is 1. The van der Waals surface area contributed by atoms with Gasteiger partial charge in [0.25, 0.3) is 15.9 Å². The fourth-order valence-corrected chi connectivity index (χ4v) is 3.80. The van der Waals surface area contributed by atoms with Gasteiger partial charge in [-0.15, -0.1) is 0 Å². The van der Waals surface area contributed by atoms with E-state index in [4.69, 9.17) is 9.47 Å². The average molecular weight is 349 g/mol. The molecule has 1 heterocycles. The molecule has 1 saturated heterocycles. The maximum Gasteiger partial charge on any atom is 0.273 e. The normalized spacial score (nSPS) is 27.7. The van der Waals surface area contributed by atoms with Gasteiger partial charge in [0, 0.05) is 0 Å².